The molecular formula is C49H35N3. The highest BCUT2D eigenvalue weighted by molar-refractivity contribution is 5.85. The number of aromatic nitrogens is 2. The Morgan fingerprint density at radius 2 is 0.731 bits per heavy atom. The van der Waals surface area contributed by atoms with Crippen molar-refractivity contribution in [2.45, 2.75) is 0 Å². The van der Waals surface area contributed by atoms with Gasteiger partial charge in [0.1, 0.15) is 5.82 Å². The lowest BCUT2D eigenvalue weighted by Gasteiger charge is -2.26. The number of nitrogens with zero attached hydrogens (tertiary/aromatic N) is 3. The number of rotatable bonds is 8. The predicted molar refractivity (Wildman–Crippen MR) is 217 cm³/mol. The number of hydrogen-bond donors (Lipinski definition) is 0. The largest absolute Gasteiger partial charge is 0.311 e. The molecule has 0 saturated carbocycles. The van der Waals surface area contributed by atoms with Gasteiger partial charge in [0, 0.05) is 28.3 Å². The molecule has 0 amide bonds. The Balaban J connectivity index is 1.08. The van der Waals surface area contributed by atoms with Gasteiger partial charge in [-0.3, -0.25) is 4.57 Å². The standard InChI is InChI=1S/C49H35N3/c1-4-13-36(14-5-1)38-23-29-44(30-24-38)51(45-31-25-39(26-32-45)37-15-6-2-7-16-37)46-33-27-40(28-34-46)41-17-12-18-42(35-41)49-50-47-21-10-11-22-48(47)52(49)43-19-8-3-9-20-43/h1-35H. The van der Waals surface area contributed by atoms with Gasteiger partial charge in [-0.05, 0) is 100 Å². The lowest BCUT2D eigenvalue weighted by molar-refractivity contribution is 1.10. The van der Waals surface area contributed by atoms with Gasteiger partial charge in [-0.2, -0.15) is 0 Å². The van der Waals surface area contributed by atoms with Crippen molar-refractivity contribution < 1.29 is 0 Å². The summed E-state index contributed by atoms with van der Waals surface area (Å²) in [4.78, 5) is 7.43. The highest BCUT2D eigenvalue weighted by Gasteiger charge is 2.16. The van der Waals surface area contributed by atoms with Gasteiger partial charge in [-0.1, -0.05) is 146 Å². The van der Waals surface area contributed by atoms with Crippen LogP contribution in [0.25, 0.3) is 61.5 Å². The maximum absolute atomic E-state index is 5.11. The Bertz CT molecular complexity index is 2490. The summed E-state index contributed by atoms with van der Waals surface area (Å²) in [7, 11) is 0. The Hall–Kier alpha value is -6.97. The molecule has 1 heterocycles. The fourth-order valence-electron chi connectivity index (χ4n) is 7.01. The molecule has 9 aromatic rings. The summed E-state index contributed by atoms with van der Waals surface area (Å²) in [6, 6.07) is 75.1. The lowest BCUT2D eigenvalue weighted by atomic mass is 10.0. The summed E-state index contributed by atoms with van der Waals surface area (Å²) >= 11 is 0. The lowest BCUT2D eigenvalue weighted by Crippen LogP contribution is -2.09. The van der Waals surface area contributed by atoms with E-state index in [0.717, 1.165) is 56.3 Å². The molecule has 0 spiro atoms. The molecule has 0 N–H and O–H groups in total. The van der Waals surface area contributed by atoms with Crippen LogP contribution in [0.15, 0.2) is 212 Å². The molecule has 0 saturated heterocycles. The molecule has 0 fully saturated rings. The molecule has 0 aliphatic rings. The number of fused-ring (bicyclic) bond motifs is 1. The Labute approximate surface area is 304 Å². The van der Waals surface area contributed by atoms with Crippen molar-refractivity contribution >= 4 is 28.1 Å². The molecule has 0 unspecified atom stereocenters. The van der Waals surface area contributed by atoms with E-state index in [4.69, 9.17) is 4.98 Å². The Morgan fingerprint density at radius 3 is 1.27 bits per heavy atom. The first-order valence-electron chi connectivity index (χ1n) is 17.6. The first-order valence-corrected chi connectivity index (χ1v) is 17.6. The molecule has 9 rings (SSSR count). The molecular weight excluding hydrogens is 631 g/mol. The molecule has 0 atom stereocenters. The molecule has 3 heteroatoms. The minimum Gasteiger partial charge on any atom is -0.311 e. The second-order valence-electron chi connectivity index (χ2n) is 12.9. The highest BCUT2D eigenvalue weighted by Crippen LogP contribution is 2.38. The summed E-state index contributed by atoms with van der Waals surface area (Å²) in [6.45, 7) is 0. The molecule has 0 aliphatic heterocycles. The van der Waals surface area contributed by atoms with Crippen molar-refractivity contribution in [2.75, 3.05) is 4.90 Å². The number of para-hydroxylation sites is 3. The minimum atomic E-state index is 0.926. The van der Waals surface area contributed by atoms with Gasteiger partial charge in [0.25, 0.3) is 0 Å². The molecule has 1 aromatic heterocycles. The molecule has 246 valence electrons. The van der Waals surface area contributed by atoms with Crippen molar-refractivity contribution in [3.05, 3.63) is 212 Å². The molecule has 0 aliphatic carbocycles. The van der Waals surface area contributed by atoms with Crippen molar-refractivity contribution in [1.29, 1.82) is 0 Å². The number of anilines is 3. The molecule has 0 bridgehead atoms. The Morgan fingerprint density at radius 1 is 0.327 bits per heavy atom. The zero-order chi connectivity index (χ0) is 34.7. The topological polar surface area (TPSA) is 21.1 Å². The van der Waals surface area contributed by atoms with Crippen LogP contribution in [0.5, 0.6) is 0 Å². The SMILES string of the molecule is c1ccc(-c2ccc(N(c3ccc(-c4ccccc4)cc3)c3ccc(-c4cccc(-c5nc6ccccc6n5-c5ccccc5)c4)cc3)cc2)cc1. The van der Waals surface area contributed by atoms with Crippen LogP contribution in [-0.2, 0) is 0 Å². The summed E-state index contributed by atoms with van der Waals surface area (Å²) < 4.78 is 2.25. The third kappa shape index (κ3) is 6.06. The predicted octanol–water partition coefficient (Wildman–Crippen LogP) is 13.2. The van der Waals surface area contributed by atoms with E-state index >= 15 is 0 Å². The van der Waals surface area contributed by atoms with Crippen LogP contribution in [-0.4, -0.2) is 9.55 Å². The summed E-state index contributed by atoms with van der Waals surface area (Å²) in [5.41, 5.74) is 14.6. The van der Waals surface area contributed by atoms with Crippen LogP contribution in [0, 0.1) is 0 Å². The van der Waals surface area contributed by atoms with E-state index in [2.05, 4.69) is 210 Å². The quantitative estimate of drug-likeness (QED) is 0.161. The highest BCUT2D eigenvalue weighted by atomic mass is 15.1. The number of imidazole rings is 1. The first-order chi connectivity index (χ1) is 25.8. The normalized spacial score (nSPS) is 11.1. The van der Waals surface area contributed by atoms with Gasteiger partial charge in [0.2, 0.25) is 0 Å². The second-order valence-corrected chi connectivity index (χ2v) is 12.9. The summed E-state index contributed by atoms with van der Waals surface area (Å²) in [5.74, 6) is 0.926. The molecule has 3 nitrogen and oxygen atoms in total. The number of benzene rings is 8. The average Bonchev–Trinajstić information content (AvgIpc) is 3.63. The zero-order valence-electron chi connectivity index (χ0n) is 28.5. The van der Waals surface area contributed by atoms with Gasteiger partial charge < -0.3 is 4.90 Å². The minimum absolute atomic E-state index is 0.926. The summed E-state index contributed by atoms with van der Waals surface area (Å²) in [5, 5.41) is 0. The van der Waals surface area contributed by atoms with Crippen LogP contribution in [0.1, 0.15) is 0 Å². The van der Waals surface area contributed by atoms with Crippen LogP contribution in [0.3, 0.4) is 0 Å². The van der Waals surface area contributed by atoms with Crippen LogP contribution in [0.2, 0.25) is 0 Å². The molecule has 8 aromatic carbocycles. The van der Waals surface area contributed by atoms with Crippen molar-refractivity contribution in [1.82, 2.24) is 9.55 Å². The van der Waals surface area contributed by atoms with E-state index in [1.165, 1.54) is 22.3 Å². The summed E-state index contributed by atoms with van der Waals surface area (Å²) in [6.07, 6.45) is 0. The van der Waals surface area contributed by atoms with E-state index in [-0.39, 0.29) is 0 Å². The maximum Gasteiger partial charge on any atom is 0.145 e. The van der Waals surface area contributed by atoms with E-state index in [0.29, 0.717) is 0 Å². The van der Waals surface area contributed by atoms with E-state index in [1.807, 2.05) is 12.1 Å². The van der Waals surface area contributed by atoms with E-state index in [9.17, 15) is 0 Å². The van der Waals surface area contributed by atoms with Crippen molar-refractivity contribution in [3.8, 4) is 50.5 Å². The van der Waals surface area contributed by atoms with E-state index < -0.39 is 0 Å². The van der Waals surface area contributed by atoms with Gasteiger partial charge in [-0.25, -0.2) is 4.98 Å². The van der Waals surface area contributed by atoms with Gasteiger partial charge >= 0.3 is 0 Å². The van der Waals surface area contributed by atoms with Crippen LogP contribution >= 0.6 is 0 Å². The smallest absolute Gasteiger partial charge is 0.145 e. The fraction of sp³-hybridized carbons (Fsp3) is 0. The van der Waals surface area contributed by atoms with E-state index in [1.54, 1.807) is 0 Å². The number of hydrogen-bond acceptors (Lipinski definition) is 2. The average molecular weight is 666 g/mol. The van der Waals surface area contributed by atoms with Gasteiger partial charge in [0.15, 0.2) is 0 Å². The zero-order valence-corrected chi connectivity index (χ0v) is 28.5. The van der Waals surface area contributed by atoms with Crippen LogP contribution in [0.4, 0.5) is 17.1 Å². The monoisotopic (exact) mass is 665 g/mol. The second kappa shape index (κ2) is 13.7. The molecule has 0 radical (unpaired) electrons. The van der Waals surface area contributed by atoms with Crippen molar-refractivity contribution in [3.63, 3.8) is 0 Å². The Kier molecular flexibility index (Phi) is 8.20. The molecule has 52 heavy (non-hydrogen) atoms. The third-order valence-electron chi connectivity index (χ3n) is 9.62. The van der Waals surface area contributed by atoms with Gasteiger partial charge in [0.05, 0.1) is 11.0 Å². The first kappa shape index (κ1) is 31.0. The maximum atomic E-state index is 5.11. The third-order valence-corrected chi connectivity index (χ3v) is 9.62. The van der Waals surface area contributed by atoms with Gasteiger partial charge in [-0.15, -0.1) is 0 Å². The van der Waals surface area contributed by atoms with Crippen molar-refractivity contribution in [2.24, 2.45) is 0 Å². The van der Waals surface area contributed by atoms with Crippen LogP contribution < -0.4 is 4.90 Å². The fourth-order valence-corrected chi connectivity index (χ4v) is 7.01.